The van der Waals surface area contributed by atoms with Crippen LogP contribution < -0.4 is 0 Å². The van der Waals surface area contributed by atoms with Crippen LogP contribution in [-0.2, 0) is 4.79 Å². The van der Waals surface area contributed by atoms with Crippen molar-refractivity contribution in [1.29, 1.82) is 0 Å². The fourth-order valence-corrected chi connectivity index (χ4v) is 4.14. The van der Waals surface area contributed by atoms with Gasteiger partial charge in [0.1, 0.15) is 10.2 Å². The molecule has 2 saturated heterocycles. The smallest absolute Gasteiger partial charge is 0.272 e. The number of hydrogen-bond acceptors (Lipinski definition) is 3. The Labute approximate surface area is 166 Å². The summed E-state index contributed by atoms with van der Waals surface area (Å²) in [5.41, 5.74) is 0.405. The molecule has 0 aliphatic carbocycles. The Bertz CT molecular complexity index is 743. The van der Waals surface area contributed by atoms with Crippen molar-refractivity contribution in [2.75, 3.05) is 7.05 Å². The molecule has 1 unspecified atom stereocenters. The lowest BCUT2D eigenvalue weighted by molar-refractivity contribution is -0.127. The van der Waals surface area contributed by atoms with Crippen LogP contribution in [0.2, 0.25) is 5.28 Å². The molecular formula is C17H19Cl3N4O2. The number of likely N-dealkylation sites (N-methyl/N-ethyl adjacent to an activating group) is 1. The Balaban J connectivity index is 1.66. The lowest BCUT2D eigenvalue weighted by atomic mass is 9.95. The highest BCUT2D eigenvalue weighted by atomic mass is 35.5. The Morgan fingerprint density at radius 3 is 2.50 bits per heavy atom. The van der Waals surface area contributed by atoms with Gasteiger partial charge in [0.15, 0.2) is 0 Å². The van der Waals surface area contributed by atoms with Gasteiger partial charge in [0.25, 0.3) is 5.91 Å². The molecule has 2 bridgehead atoms. The van der Waals surface area contributed by atoms with E-state index in [1.54, 1.807) is 11.9 Å². The molecule has 0 aromatic carbocycles. The van der Waals surface area contributed by atoms with Crippen LogP contribution in [0.15, 0.2) is 28.9 Å². The number of rotatable bonds is 4. The molecule has 3 rings (SSSR count). The Kier molecular flexibility index (Phi) is 5.95. The number of aromatic amines is 1. The minimum atomic E-state index is -0.111. The van der Waals surface area contributed by atoms with Gasteiger partial charge in [-0.05, 0) is 43.4 Å². The van der Waals surface area contributed by atoms with Gasteiger partial charge >= 0.3 is 0 Å². The van der Waals surface area contributed by atoms with Crippen LogP contribution in [0, 0.1) is 0 Å². The Hall–Kier alpha value is -1.50. The number of imidazole rings is 1. The molecule has 1 N–H and O–H groups in total. The molecule has 9 heteroatoms. The van der Waals surface area contributed by atoms with E-state index in [-0.39, 0.29) is 39.7 Å². The first-order chi connectivity index (χ1) is 12.4. The number of hydrogen-bond donors (Lipinski definition) is 1. The van der Waals surface area contributed by atoms with Gasteiger partial charge in [-0.25, -0.2) is 4.98 Å². The number of nitrogens with one attached hydrogen (secondary N) is 1. The topological polar surface area (TPSA) is 69.3 Å². The summed E-state index contributed by atoms with van der Waals surface area (Å²) < 4.78 is 0.0977. The van der Waals surface area contributed by atoms with Gasteiger partial charge < -0.3 is 14.8 Å². The summed E-state index contributed by atoms with van der Waals surface area (Å²) in [5.74, 6) is -0.188. The average Bonchev–Trinajstić information content (AvgIpc) is 3.14. The third-order valence-electron chi connectivity index (χ3n) is 5.07. The lowest BCUT2D eigenvalue weighted by Gasteiger charge is -2.41. The molecule has 0 radical (unpaired) electrons. The molecule has 0 saturated carbocycles. The first-order valence-corrected chi connectivity index (χ1v) is 9.49. The second kappa shape index (κ2) is 8.03. The molecule has 0 spiro atoms. The van der Waals surface area contributed by atoms with Gasteiger partial charge in [-0.3, -0.25) is 9.59 Å². The summed E-state index contributed by atoms with van der Waals surface area (Å²) in [6, 6.07) is 0.323. The van der Waals surface area contributed by atoms with Crippen molar-refractivity contribution in [3.05, 3.63) is 39.9 Å². The summed E-state index contributed by atoms with van der Waals surface area (Å²) in [5, 5.41) is 0.207. The summed E-state index contributed by atoms with van der Waals surface area (Å²) in [7, 11) is 1.79. The quantitative estimate of drug-likeness (QED) is 0.602. The number of nitrogens with zero attached hydrogens (tertiary/aromatic N) is 3. The maximum absolute atomic E-state index is 12.8. The third-order valence-corrected chi connectivity index (χ3v) is 5.52. The van der Waals surface area contributed by atoms with Crippen molar-refractivity contribution in [3.63, 3.8) is 0 Å². The number of piperidine rings is 1. The van der Waals surface area contributed by atoms with E-state index in [9.17, 15) is 9.59 Å². The molecule has 3 heterocycles. The summed E-state index contributed by atoms with van der Waals surface area (Å²) in [6.07, 6.45) is 9.29. The zero-order chi connectivity index (χ0) is 18.8. The predicted octanol–water partition coefficient (Wildman–Crippen LogP) is 3.53. The van der Waals surface area contributed by atoms with E-state index in [0.29, 0.717) is 5.69 Å². The molecule has 26 heavy (non-hydrogen) atoms. The number of fused-ring (bicyclic) bond motifs is 2. The van der Waals surface area contributed by atoms with Crippen molar-refractivity contribution in [2.24, 2.45) is 0 Å². The maximum Gasteiger partial charge on any atom is 0.272 e. The second-order valence-corrected chi connectivity index (χ2v) is 7.94. The van der Waals surface area contributed by atoms with Crippen LogP contribution in [0.5, 0.6) is 0 Å². The maximum atomic E-state index is 12.8. The third kappa shape index (κ3) is 4.08. The molecule has 2 aliphatic rings. The number of aromatic nitrogens is 2. The van der Waals surface area contributed by atoms with Crippen molar-refractivity contribution in [2.45, 2.75) is 43.8 Å². The van der Waals surface area contributed by atoms with Crippen LogP contribution in [0.25, 0.3) is 0 Å². The fourth-order valence-electron chi connectivity index (χ4n) is 3.84. The lowest BCUT2D eigenvalue weighted by Crippen LogP contribution is -2.52. The highest BCUT2D eigenvalue weighted by Crippen LogP contribution is 2.38. The van der Waals surface area contributed by atoms with E-state index in [2.05, 4.69) is 9.97 Å². The van der Waals surface area contributed by atoms with Gasteiger partial charge in [0.2, 0.25) is 11.2 Å². The first kappa shape index (κ1) is 19.3. The Morgan fingerprint density at radius 1 is 1.31 bits per heavy atom. The van der Waals surface area contributed by atoms with Crippen LogP contribution >= 0.6 is 34.8 Å². The SMILES string of the molecule is CN(C(=O)/C=C/C=C(Cl)Cl)C1C[C@H]2CC[C@@H](C1)N2C(=O)c1cnc(Cl)[nH]1. The molecule has 2 fully saturated rings. The standard InChI is InChI=1S/C17H19Cl3N4O2/c1-23(15(25)4-2-3-14(18)19)12-7-10-5-6-11(8-12)24(10)16(26)13-9-21-17(20)22-13/h2-4,9-12H,5-8H2,1H3,(H,21,22)/b4-2+/t10-,11+,12?. The molecule has 140 valence electrons. The van der Waals surface area contributed by atoms with Crippen LogP contribution in [0.1, 0.15) is 36.2 Å². The van der Waals surface area contributed by atoms with Gasteiger partial charge in [0, 0.05) is 31.2 Å². The number of carbonyl (C=O) groups excluding carboxylic acids is 2. The summed E-state index contributed by atoms with van der Waals surface area (Å²) in [4.78, 5) is 35.4. The number of H-pyrrole nitrogens is 1. The van der Waals surface area contributed by atoms with Crippen LogP contribution in [-0.4, -0.2) is 56.8 Å². The van der Waals surface area contributed by atoms with Gasteiger partial charge in [-0.15, -0.1) is 0 Å². The number of amides is 2. The molecule has 6 nitrogen and oxygen atoms in total. The Morgan fingerprint density at radius 2 is 1.96 bits per heavy atom. The van der Waals surface area contributed by atoms with E-state index in [0.717, 1.165) is 25.7 Å². The van der Waals surface area contributed by atoms with E-state index in [1.807, 2.05) is 4.90 Å². The van der Waals surface area contributed by atoms with Crippen molar-refractivity contribution >= 4 is 46.6 Å². The molecular weight excluding hydrogens is 399 g/mol. The van der Waals surface area contributed by atoms with Gasteiger partial charge in [-0.2, -0.15) is 0 Å². The van der Waals surface area contributed by atoms with Crippen molar-refractivity contribution in [3.8, 4) is 0 Å². The normalized spacial score (nSPS) is 24.8. The van der Waals surface area contributed by atoms with Crippen molar-refractivity contribution in [1.82, 2.24) is 19.8 Å². The summed E-state index contributed by atoms with van der Waals surface area (Å²) in [6.45, 7) is 0. The van der Waals surface area contributed by atoms with E-state index in [4.69, 9.17) is 34.8 Å². The summed E-state index contributed by atoms with van der Waals surface area (Å²) >= 11 is 16.8. The van der Waals surface area contributed by atoms with Gasteiger partial charge in [0.05, 0.1) is 6.20 Å². The molecule has 3 atom stereocenters. The highest BCUT2D eigenvalue weighted by molar-refractivity contribution is 6.56. The highest BCUT2D eigenvalue weighted by Gasteiger charge is 2.45. The monoisotopic (exact) mass is 416 g/mol. The molecule has 1 aromatic heterocycles. The average molecular weight is 418 g/mol. The van der Waals surface area contributed by atoms with E-state index in [1.165, 1.54) is 24.4 Å². The molecule has 2 amide bonds. The number of carbonyl (C=O) groups is 2. The second-order valence-electron chi connectivity index (χ2n) is 6.57. The van der Waals surface area contributed by atoms with Gasteiger partial charge in [-0.1, -0.05) is 29.3 Å². The largest absolute Gasteiger partial charge is 0.339 e. The van der Waals surface area contributed by atoms with Crippen molar-refractivity contribution < 1.29 is 9.59 Å². The first-order valence-electron chi connectivity index (χ1n) is 8.36. The molecule has 1 aromatic rings. The minimum Gasteiger partial charge on any atom is -0.339 e. The number of allylic oxidation sites excluding steroid dienone is 2. The zero-order valence-corrected chi connectivity index (χ0v) is 16.4. The minimum absolute atomic E-state index is 0.0777. The van der Waals surface area contributed by atoms with Crippen LogP contribution in [0.4, 0.5) is 0 Å². The van der Waals surface area contributed by atoms with Crippen LogP contribution in [0.3, 0.4) is 0 Å². The number of halogens is 3. The molecule has 2 aliphatic heterocycles. The van der Waals surface area contributed by atoms with E-state index >= 15 is 0 Å². The predicted molar refractivity (Wildman–Crippen MR) is 101 cm³/mol. The van der Waals surface area contributed by atoms with E-state index < -0.39 is 0 Å². The zero-order valence-electron chi connectivity index (χ0n) is 14.2. The fraction of sp³-hybridized carbons (Fsp3) is 0.471.